The van der Waals surface area contributed by atoms with Crippen LogP contribution >= 0.6 is 0 Å². The Labute approximate surface area is 128 Å². The van der Waals surface area contributed by atoms with Gasteiger partial charge >= 0.3 is 0 Å². The van der Waals surface area contributed by atoms with Crippen LogP contribution in [0.4, 0.5) is 0 Å². The van der Waals surface area contributed by atoms with Crippen molar-refractivity contribution < 1.29 is 0 Å². The first-order valence-corrected chi connectivity index (χ1v) is 9.55. The smallest absolute Gasteiger partial charge is 0.0227 e. The van der Waals surface area contributed by atoms with Crippen LogP contribution in [0.3, 0.4) is 0 Å². The quantitative estimate of drug-likeness (QED) is 0.507. The van der Waals surface area contributed by atoms with Gasteiger partial charge in [-0.15, -0.1) is 0 Å². The first-order valence-electron chi connectivity index (χ1n) is 9.55. The zero-order valence-electron chi connectivity index (χ0n) is 14.8. The van der Waals surface area contributed by atoms with E-state index in [1.807, 2.05) is 0 Å². The van der Waals surface area contributed by atoms with Crippen LogP contribution in [0.5, 0.6) is 0 Å². The van der Waals surface area contributed by atoms with Gasteiger partial charge in [-0.05, 0) is 54.3 Å². The highest BCUT2D eigenvalue weighted by molar-refractivity contribution is 5.12. The second-order valence-corrected chi connectivity index (χ2v) is 8.50. The molecule has 2 rings (SSSR count). The van der Waals surface area contributed by atoms with Crippen LogP contribution in [-0.2, 0) is 0 Å². The fourth-order valence-corrected chi connectivity index (χ4v) is 5.86. The van der Waals surface area contributed by atoms with E-state index in [9.17, 15) is 0 Å². The van der Waals surface area contributed by atoms with Crippen LogP contribution in [0.15, 0.2) is 0 Å². The second-order valence-electron chi connectivity index (χ2n) is 8.50. The molecule has 0 aromatic rings. The molecule has 1 spiro atoms. The highest BCUT2D eigenvalue weighted by atomic mass is 14.7. The molecule has 0 aromatic carbocycles. The van der Waals surface area contributed by atoms with E-state index < -0.39 is 0 Å². The standard InChI is InChI=1S/C20H38/c1-6-8-10-18-19(15(3)4)20(18)13-16(5)11-12-17(14-20)9-7-2/h15-19H,6-14H2,1-5H3. The Balaban J connectivity index is 2.11. The van der Waals surface area contributed by atoms with Crippen molar-refractivity contribution in [1.29, 1.82) is 0 Å². The van der Waals surface area contributed by atoms with Gasteiger partial charge in [0, 0.05) is 0 Å². The van der Waals surface area contributed by atoms with E-state index >= 15 is 0 Å². The molecule has 2 saturated carbocycles. The van der Waals surface area contributed by atoms with Crippen molar-refractivity contribution in [2.75, 3.05) is 0 Å². The third-order valence-electron chi connectivity index (χ3n) is 6.48. The van der Waals surface area contributed by atoms with E-state index in [2.05, 4.69) is 34.6 Å². The summed E-state index contributed by atoms with van der Waals surface area (Å²) in [6.07, 6.45) is 13.4. The molecule has 0 N–H and O–H groups in total. The predicted octanol–water partition coefficient (Wildman–Crippen LogP) is 6.69. The lowest BCUT2D eigenvalue weighted by molar-refractivity contribution is 0.268. The average Bonchev–Trinajstić information content (AvgIpc) is 3.04. The van der Waals surface area contributed by atoms with Crippen LogP contribution in [0.25, 0.3) is 0 Å². The third-order valence-corrected chi connectivity index (χ3v) is 6.48. The highest BCUT2D eigenvalue weighted by Crippen LogP contribution is 2.71. The Hall–Kier alpha value is 0. The average molecular weight is 279 g/mol. The third kappa shape index (κ3) is 3.25. The molecule has 2 aliphatic rings. The molecule has 2 fully saturated rings. The van der Waals surface area contributed by atoms with Crippen molar-refractivity contribution in [3.05, 3.63) is 0 Å². The first-order chi connectivity index (χ1) is 9.55. The summed E-state index contributed by atoms with van der Waals surface area (Å²) in [5.74, 6) is 5.04. The second kappa shape index (κ2) is 6.84. The van der Waals surface area contributed by atoms with Gasteiger partial charge in [0.05, 0.1) is 0 Å². The number of unbranched alkanes of at least 4 members (excludes halogenated alkanes) is 1. The Kier molecular flexibility index (Phi) is 5.60. The van der Waals surface area contributed by atoms with Crippen molar-refractivity contribution in [3.63, 3.8) is 0 Å². The molecule has 2 aliphatic carbocycles. The van der Waals surface area contributed by atoms with Crippen molar-refractivity contribution in [1.82, 2.24) is 0 Å². The Morgan fingerprint density at radius 2 is 1.75 bits per heavy atom. The van der Waals surface area contributed by atoms with Crippen LogP contribution in [0.1, 0.15) is 92.4 Å². The molecular weight excluding hydrogens is 240 g/mol. The highest BCUT2D eigenvalue weighted by Gasteiger charge is 2.64. The fourth-order valence-electron chi connectivity index (χ4n) is 5.86. The molecule has 5 unspecified atom stereocenters. The van der Waals surface area contributed by atoms with Gasteiger partial charge in [-0.1, -0.05) is 73.1 Å². The van der Waals surface area contributed by atoms with Gasteiger partial charge in [-0.25, -0.2) is 0 Å². The molecule has 118 valence electrons. The number of hydrogen-bond acceptors (Lipinski definition) is 0. The summed E-state index contributed by atoms with van der Waals surface area (Å²) in [6, 6.07) is 0. The van der Waals surface area contributed by atoms with E-state index in [4.69, 9.17) is 0 Å². The summed E-state index contributed by atoms with van der Waals surface area (Å²) in [4.78, 5) is 0. The monoisotopic (exact) mass is 278 g/mol. The summed E-state index contributed by atoms with van der Waals surface area (Å²) in [5, 5.41) is 0. The molecule has 0 saturated heterocycles. The molecule has 0 aromatic heterocycles. The Bertz CT molecular complexity index is 292. The summed E-state index contributed by atoms with van der Waals surface area (Å²) < 4.78 is 0. The van der Waals surface area contributed by atoms with Crippen molar-refractivity contribution in [3.8, 4) is 0 Å². The van der Waals surface area contributed by atoms with Crippen LogP contribution < -0.4 is 0 Å². The van der Waals surface area contributed by atoms with Gasteiger partial charge in [0.2, 0.25) is 0 Å². The van der Waals surface area contributed by atoms with Crippen LogP contribution in [0.2, 0.25) is 0 Å². The molecule has 5 atom stereocenters. The minimum atomic E-state index is 0.763. The molecule has 0 amide bonds. The van der Waals surface area contributed by atoms with Crippen LogP contribution in [-0.4, -0.2) is 0 Å². The first kappa shape index (κ1) is 16.4. The van der Waals surface area contributed by atoms with Crippen LogP contribution in [0, 0.1) is 35.0 Å². The molecule has 0 nitrogen and oxygen atoms in total. The zero-order chi connectivity index (χ0) is 14.8. The van der Waals surface area contributed by atoms with Gasteiger partial charge in [-0.3, -0.25) is 0 Å². The molecule has 0 radical (unpaired) electrons. The van der Waals surface area contributed by atoms with Gasteiger partial charge in [0.15, 0.2) is 0 Å². The molecule has 0 heterocycles. The number of rotatable bonds is 6. The maximum absolute atomic E-state index is 2.53. The lowest BCUT2D eigenvalue weighted by atomic mass is 9.82. The van der Waals surface area contributed by atoms with E-state index in [1.165, 1.54) is 44.9 Å². The van der Waals surface area contributed by atoms with E-state index in [0.717, 1.165) is 35.0 Å². The summed E-state index contributed by atoms with van der Waals surface area (Å²) in [5.41, 5.74) is 0.763. The molecule has 0 bridgehead atoms. The minimum absolute atomic E-state index is 0.763. The predicted molar refractivity (Wildman–Crippen MR) is 89.8 cm³/mol. The lowest BCUT2D eigenvalue weighted by Crippen LogP contribution is -2.14. The molecular formula is C20H38. The minimum Gasteiger partial charge on any atom is -0.0654 e. The number of hydrogen-bond donors (Lipinski definition) is 0. The van der Waals surface area contributed by atoms with E-state index in [-0.39, 0.29) is 0 Å². The van der Waals surface area contributed by atoms with Gasteiger partial charge in [0.1, 0.15) is 0 Å². The van der Waals surface area contributed by atoms with Crippen molar-refractivity contribution >= 4 is 0 Å². The summed E-state index contributed by atoms with van der Waals surface area (Å²) in [6.45, 7) is 12.2. The summed E-state index contributed by atoms with van der Waals surface area (Å²) >= 11 is 0. The van der Waals surface area contributed by atoms with Gasteiger partial charge in [-0.2, -0.15) is 0 Å². The van der Waals surface area contributed by atoms with Gasteiger partial charge in [0.25, 0.3) is 0 Å². The zero-order valence-corrected chi connectivity index (χ0v) is 14.8. The molecule has 0 heteroatoms. The fraction of sp³-hybridized carbons (Fsp3) is 1.00. The normalized spacial score (nSPS) is 41.1. The maximum atomic E-state index is 2.53. The SMILES string of the molecule is CCCCC1C(C(C)C)C12CC(C)CCC(CCC)C2. The lowest BCUT2D eigenvalue weighted by Gasteiger charge is -2.23. The van der Waals surface area contributed by atoms with Gasteiger partial charge < -0.3 is 0 Å². The van der Waals surface area contributed by atoms with Crippen molar-refractivity contribution in [2.45, 2.75) is 92.4 Å². The Morgan fingerprint density at radius 3 is 2.35 bits per heavy atom. The topological polar surface area (TPSA) is 0 Å². The Morgan fingerprint density at radius 1 is 1.00 bits per heavy atom. The largest absolute Gasteiger partial charge is 0.0654 e. The molecule has 20 heavy (non-hydrogen) atoms. The molecule has 0 aliphatic heterocycles. The van der Waals surface area contributed by atoms with Crippen molar-refractivity contribution in [2.24, 2.45) is 35.0 Å². The summed E-state index contributed by atoms with van der Waals surface area (Å²) in [7, 11) is 0. The van der Waals surface area contributed by atoms with E-state index in [1.54, 1.807) is 12.8 Å². The maximum Gasteiger partial charge on any atom is -0.0227 e. The van der Waals surface area contributed by atoms with E-state index in [0.29, 0.717) is 0 Å².